The Morgan fingerprint density at radius 3 is 2.52 bits per heavy atom. The van der Waals surface area contributed by atoms with Crippen LogP contribution in [0.15, 0.2) is 63.8 Å². The van der Waals surface area contributed by atoms with Crippen molar-refractivity contribution in [1.82, 2.24) is 4.90 Å². The summed E-state index contributed by atoms with van der Waals surface area (Å²) in [7, 11) is 3.00. The van der Waals surface area contributed by atoms with E-state index < -0.39 is 11.5 Å². The van der Waals surface area contributed by atoms with Crippen LogP contribution in [0.5, 0.6) is 5.75 Å². The van der Waals surface area contributed by atoms with Crippen LogP contribution >= 0.6 is 0 Å². The van der Waals surface area contributed by atoms with Gasteiger partial charge in [0.25, 0.3) is 5.91 Å². The number of carbonyl (C=O) groups excluding carboxylic acids is 2. The van der Waals surface area contributed by atoms with Crippen LogP contribution in [0.3, 0.4) is 0 Å². The molecule has 0 fully saturated rings. The number of carbonyl (C=O) groups is 2. The molecule has 7 nitrogen and oxygen atoms in total. The van der Waals surface area contributed by atoms with Crippen LogP contribution in [0, 0.1) is 0 Å². The molecule has 0 aliphatic rings. The molecule has 27 heavy (non-hydrogen) atoms. The fourth-order valence-corrected chi connectivity index (χ4v) is 2.58. The Morgan fingerprint density at radius 1 is 1.11 bits per heavy atom. The maximum Gasteiger partial charge on any atom is 0.349 e. The minimum Gasteiger partial charge on any atom is -0.497 e. The quantitative estimate of drug-likeness (QED) is 0.701. The van der Waals surface area contributed by atoms with Crippen molar-refractivity contribution in [1.29, 1.82) is 0 Å². The summed E-state index contributed by atoms with van der Waals surface area (Å²) in [5, 5.41) is 3.32. The first-order valence-corrected chi connectivity index (χ1v) is 8.20. The molecule has 0 aliphatic heterocycles. The zero-order chi connectivity index (χ0) is 19.4. The van der Waals surface area contributed by atoms with E-state index in [9.17, 15) is 14.4 Å². The summed E-state index contributed by atoms with van der Waals surface area (Å²) < 4.78 is 10.2. The molecule has 1 aromatic heterocycles. The number of methoxy groups -OCH3 is 1. The maximum atomic E-state index is 12.6. The number of likely N-dealkylation sites (N-methyl/N-ethyl adjacent to an activating group) is 1. The highest BCUT2D eigenvalue weighted by atomic mass is 16.5. The molecular formula is C20H18N2O5. The number of amides is 2. The van der Waals surface area contributed by atoms with Gasteiger partial charge in [-0.25, -0.2) is 4.79 Å². The Balaban J connectivity index is 1.70. The van der Waals surface area contributed by atoms with Crippen molar-refractivity contribution < 1.29 is 18.7 Å². The van der Waals surface area contributed by atoms with Crippen molar-refractivity contribution in [2.75, 3.05) is 26.0 Å². The van der Waals surface area contributed by atoms with Crippen LogP contribution < -0.4 is 15.7 Å². The van der Waals surface area contributed by atoms with E-state index in [0.29, 0.717) is 22.4 Å². The summed E-state index contributed by atoms with van der Waals surface area (Å²) in [5.41, 5.74) is 0.125. The number of fused-ring (bicyclic) bond motifs is 1. The van der Waals surface area contributed by atoms with Gasteiger partial charge in [-0.3, -0.25) is 9.59 Å². The van der Waals surface area contributed by atoms with Crippen molar-refractivity contribution in [2.24, 2.45) is 0 Å². The van der Waals surface area contributed by atoms with Gasteiger partial charge in [0.1, 0.15) is 16.9 Å². The first kappa shape index (κ1) is 18.2. The van der Waals surface area contributed by atoms with Gasteiger partial charge in [0.2, 0.25) is 5.91 Å². The van der Waals surface area contributed by atoms with Gasteiger partial charge in [0.05, 0.1) is 13.7 Å². The Bertz CT molecular complexity index is 1040. The third kappa shape index (κ3) is 4.14. The normalized spacial score (nSPS) is 10.4. The molecule has 0 saturated heterocycles. The molecule has 1 N–H and O–H groups in total. The first-order valence-electron chi connectivity index (χ1n) is 8.20. The highest BCUT2D eigenvalue weighted by molar-refractivity contribution is 6.00. The third-order valence-corrected chi connectivity index (χ3v) is 3.97. The maximum absolute atomic E-state index is 12.6. The highest BCUT2D eigenvalue weighted by Crippen LogP contribution is 2.15. The standard InChI is InChI=1S/C20H18N2O5/c1-22(12-18(23)21-14-7-9-15(26-2)10-8-14)19(24)16-11-13-5-3-4-6-17(13)27-20(16)25/h3-11H,12H2,1-2H3,(H,21,23). The number of nitrogens with one attached hydrogen (secondary N) is 1. The van der Waals surface area contributed by atoms with E-state index in [-0.39, 0.29) is 18.0 Å². The second-order valence-corrected chi connectivity index (χ2v) is 5.92. The molecule has 2 aromatic carbocycles. The monoisotopic (exact) mass is 366 g/mol. The molecule has 7 heteroatoms. The number of benzene rings is 2. The van der Waals surface area contributed by atoms with Gasteiger partial charge in [-0.15, -0.1) is 0 Å². The number of anilines is 1. The van der Waals surface area contributed by atoms with Crippen molar-refractivity contribution in [3.05, 3.63) is 70.6 Å². The fraction of sp³-hybridized carbons (Fsp3) is 0.150. The number of ether oxygens (including phenoxy) is 1. The number of nitrogens with zero attached hydrogens (tertiary/aromatic N) is 1. The van der Waals surface area contributed by atoms with Crippen LogP contribution in [0.1, 0.15) is 10.4 Å². The Morgan fingerprint density at radius 2 is 1.81 bits per heavy atom. The summed E-state index contributed by atoms with van der Waals surface area (Å²) in [6, 6.07) is 15.2. The van der Waals surface area contributed by atoms with Gasteiger partial charge >= 0.3 is 5.63 Å². The lowest BCUT2D eigenvalue weighted by molar-refractivity contribution is -0.116. The van der Waals surface area contributed by atoms with E-state index in [1.54, 1.807) is 55.6 Å². The van der Waals surface area contributed by atoms with E-state index in [4.69, 9.17) is 9.15 Å². The molecule has 3 aromatic rings. The zero-order valence-corrected chi connectivity index (χ0v) is 14.9. The van der Waals surface area contributed by atoms with Crippen LogP contribution in [0.2, 0.25) is 0 Å². The fourth-order valence-electron chi connectivity index (χ4n) is 2.58. The molecule has 0 saturated carbocycles. The van der Waals surface area contributed by atoms with Crippen LogP contribution in [-0.4, -0.2) is 37.4 Å². The summed E-state index contributed by atoms with van der Waals surface area (Å²) >= 11 is 0. The van der Waals surface area contributed by atoms with Crippen LogP contribution in [-0.2, 0) is 4.79 Å². The predicted molar refractivity (Wildman–Crippen MR) is 101 cm³/mol. The molecule has 138 valence electrons. The molecular weight excluding hydrogens is 348 g/mol. The average molecular weight is 366 g/mol. The average Bonchev–Trinajstić information content (AvgIpc) is 2.67. The van der Waals surface area contributed by atoms with Gasteiger partial charge in [0, 0.05) is 18.1 Å². The molecule has 0 radical (unpaired) electrons. The smallest absolute Gasteiger partial charge is 0.349 e. The SMILES string of the molecule is COc1ccc(NC(=O)CN(C)C(=O)c2cc3ccccc3oc2=O)cc1. The van der Waals surface area contributed by atoms with Gasteiger partial charge in [-0.05, 0) is 36.4 Å². The van der Waals surface area contributed by atoms with Crippen molar-refractivity contribution in [3.63, 3.8) is 0 Å². The van der Waals surface area contributed by atoms with E-state index in [2.05, 4.69) is 5.32 Å². The van der Waals surface area contributed by atoms with Gasteiger partial charge < -0.3 is 19.4 Å². The number of hydrogen-bond donors (Lipinski definition) is 1. The lowest BCUT2D eigenvalue weighted by Crippen LogP contribution is -2.36. The topological polar surface area (TPSA) is 88.8 Å². The number of rotatable bonds is 5. The Kier molecular flexibility index (Phi) is 5.21. The molecule has 0 unspecified atom stereocenters. The van der Waals surface area contributed by atoms with Crippen molar-refractivity contribution >= 4 is 28.5 Å². The summed E-state index contributed by atoms with van der Waals surface area (Å²) in [5.74, 6) is -0.302. The molecule has 0 atom stereocenters. The van der Waals surface area contributed by atoms with E-state index >= 15 is 0 Å². The lowest BCUT2D eigenvalue weighted by atomic mass is 10.1. The van der Waals surface area contributed by atoms with E-state index in [0.717, 1.165) is 0 Å². The molecule has 0 bridgehead atoms. The zero-order valence-electron chi connectivity index (χ0n) is 14.9. The largest absolute Gasteiger partial charge is 0.497 e. The number of hydrogen-bond acceptors (Lipinski definition) is 5. The molecule has 0 aliphatic carbocycles. The highest BCUT2D eigenvalue weighted by Gasteiger charge is 2.19. The molecule has 0 spiro atoms. The second kappa shape index (κ2) is 7.74. The Hall–Kier alpha value is -3.61. The summed E-state index contributed by atoms with van der Waals surface area (Å²) in [6.07, 6.45) is 0. The van der Waals surface area contributed by atoms with Gasteiger partial charge in [-0.2, -0.15) is 0 Å². The number of para-hydroxylation sites is 1. The minimum absolute atomic E-state index is 0.117. The summed E-state index contributed by atoms with van der Waals surface area (Å²) in [6.45, 7) is -0.211. The van der Waals surface area contributed by atoms with Gasteiger partial charge in [-0.1, -0.05) is 18.2 Å². The van der Waals surface area contributed by atoms with E-state index in [1.165, 1.54) is 18.0 Å². The van der Waals surface area contributed by atoms with Crippen molar-refractivity contribution in [3.8, 4) is 5.75 Å². The van der Waals surface area contributed by atoms with Gasteiger partial charge in [0.15, 0.2) is 0 Å². The molecule has 1 heterocycles. The second-order valence-electron chi connectivity index (χ2n) is 5.92. The molecule has 2 amide bonds. The summed E-state index contributed by atoms with van der Waals surface area (Å²) in [4.78, 5) is 38.0. The van der Waals surface area contributed by atoms with Crippen LogP contribution in [0.4, 0.5) is 5.69 Å². The predicted octanol–water partition coefficient (Wildman–Crippen LogP) is 2.51. The van der Waals surface area contributed by atoms with Crippen LogP contribution in [0.25, 0.3) is 11.0 Å². The minimum atomic E-state index is -0.735. The first-order chi connectivity index (χ1) is 13.0. The lowest BCUT2D eigenvalue weighted by Gasteiger charge is -2.16. The molecule has 3 rings (SSSR count). The Labute approximate surface area is 155 Å². The van der Waals surface area contributed by atoms with E-state index in [1.807, 2.05) is 0 Å². The van der Waals surface area contributed by atoms with Crippen molar-refractivity contribution in [2.45, 2.75) is 0 Å². The third-order valence-electron chi connectivity index (χ3n) is 3.97.